The Kier molecular flexibility index (Phi) is 5.17. The fraction of sp³-hybridized carbons (Fsp3) is 0.417. The molecule has 1 aromatic carbocycles. The molecule has 0 spiro atoms. The van der Waals surface area contributed by atoms with Crippen LogP contribution in [0.1, 0.15) is 12.5 Å². The Hall–Kier alpha value is -1.76. The van der Waals surface area contributed by atoms with Crippen molar-refractivity contribution in [3.63, 3.8) is 0 Å². The SMILES string of the molecule is CNC(C)CNC(=O)Nc1ccccc1C(F)(F)F. The minimum atomic E-state index is -4.50. The molecule has 0 aliphatic rings. The lowest BCUT2D eigenvalue weighted by molar-refractivity contribution is -0.136. The summed E-state index contributed by atoms with van der Waals surface area (Å²) in [4.78, 5) is 11.5. The van der Waals surface area contributed by atoms with Gasteiger partial charge in [-0.15, -0.1) is 0 Å². The Morgan fingerprint density at radius 3 is 2.53 bits per heavy atom. The van der Waals surface area contributed by atoms with E-state index in [2.05, 4.69) is 16.0 Å². The summed E-state index contributed by atoms with van der Waals surface area (Å²) in [5.74, 6) is 0. The van der Waals surface area contributed by atoms with Gasteiger partial charge in [0.25, 0.3) is 0 Å². The van der Waals surface area contributed by atoms with Crippen molar-refractivity contribution in [2.24, 2.45) is 0 Å². The number of anilines is 1. The van der Waals surface area contributed by atoms with Gasteiger partial charge in [-0.1, -0.05) is 12.1 Å². The predicted molar refractivity (Wildman–Crippen MR) is 67.0 cm³/mol. The molecule has 1 aromatic rings. The third-order valence-electron chi connectivity index (χ3n) is 2.54. The molecule has 0 aliphatic heterocycles. The molecular weight excluding hydrogens is 259 g/mol. The smallest absolute Gasteiger partial charge is 0.336 e. The average molecular weight is 275 g/mol. The minimum absolute atomic E-state index is 0.0311. The van der Waals surface area contributed by atoms with Crippen molar-refractivity contribution in [2.45, 2.75) is 19.1 Å². The maximum absolute atomic E-state index is 12.7. The molecule has 0 radical (unpaired) electrons. The largest absolute Gasteiger partial charge is 0.418 e. The second kappa shape index (κ2) is 6.42. The standard InChI is InChI=1S/C12H16F3N3O/c1-8(16-2)7-17-11(19)18-10-6-4-3-5-9(10)12(13,14)15/h3-6,8,16H,7H2,1-2H3,(H2,17,18,19). The van der Waals surface area contributed by atoms with Crippen LogP contribution in [0.5, 0.6) is 0 Å². The molecule has 106 valence electrons. The zero-order valence-corrected chi connectivity index (χ0v) is 10.6. The average Bonchev–Trinajstić information content (AvgIpc) is 2.35. The molecule has 0 saturated carbocycles. The molecule has 0 fully saturated rings. The molecule has 2 amide bonds. The van der Waals surface area contributed by atoms with Crippen LogP contribution in [0.25, 0.3) is 0 Å². The van der Waals surface area contributed by atoms with E-state index in [-0.39, 0.29) is 11.7 Å². The number of hydrogen-bond acceptors (Lipinski definition) is 2. The highest BCUT2D eigenvalue weighted by Crippen LogP contribution is 2.34. The maximum atomic E-state index is 12.7. The Morgan fingerprint density at radius 1 is 1.32 bits per heavy atom. The number of urea groups is 1. The monoisotopic (exact) mass is 275 g/mol. The van der Waals surface area contributed by atoms with Crippen molar-refractivity contribution in [3.05, 3.63) is 29.8 Å². The number of amides is 2. The van der Waals surface area contributed by atoms with Gasteiger partial charge < -0.3 is 16.0 Å². The predicted octanol–water partition coefficient (Wildman–Crippen LogP) is 2.43. The maximum Gasteiger partial charge on any atom is 0.418 e. The summed E-state index contributed by atoms with van der Waals surface area (Å²) in [6.45, 7) is 2.15. The third-order valence-corrected chi connectivity index (χ3v) is 2.54. The topological polar surface area (TPSA) is 53.2 Å². The summed E-state index contributed by atoms with van der Waals surface area (Å²) < 4.78 is 38.1. The van der Waals surface area contributed by atoms with E-state index >= 15 is 0 Å². The summed E-state index contributed by atoms with van der Waals surface area (Å²) in [5.41, 5.74) is -1.13. The Balaban J connectivity index is 2.70. The summed E-state index contributed by atoms with van der Waals surface area (Å²) in [5, 5.41) is 7.58. The number of nitrogens with one attached hydrogen (secondary N) is 3. The van der Waals surface area contributed by atoms with Gasteiger partial charge in [0.2, 0.25) is 0 Å². The van der Waals surface area contributed by atoms with Crippen molar-refractivity contribution >= 4 is 11.7 Å². The number of hydrogen-bond donors (Lipinski definition) is 3. The van der Waals surface area contributed by atoms with Crippen molar-refractivity contribution in [1.82, 2.24) is 10.6 Å². The van der Waals surface area contributed by atoms with Crippen molar-refractivity contribution in [2.75, 3.05) is 18.9 Å². The zero-order chi connectivity index (χ0) is 14.5. The number of carbonyl (C=O) groups excluding carboxylic acids is 1. The number of alkyl halides is 3. The van der Waals surface area contributed by atoms with Gasteiger partial charge in [-0.25, -0.2) is 4.79 Å². The number of halogens is 3. The van der Waals surface area contributed by atoms with Crippen LogP contribution >= 0.6 is 0 Å². The minimum Gasteiger partial charge on any atom is -0.336 e. The Morgan fingerprint density at radius 2 is 1.95 bits per heavy atom. The fourth-order valence-electron chi connectivity index (χ4n) is 1.35. The molecule has 1 unspecified atom stereocenters. The number of rotatable bonds is 4. The van der Waals surface area contributed by atoms with E-state index in [1.54, 1.807) is 7.05 Å². The van der Waals surface area contributed by atoms with Gasteiger partial charge in [-0.2, -0.15) is 13.2 Å². The lowest BCUT2D eigenvalue weighted by Crippen LogP contribution is -2.39. The lowest BCUT2D eigenvalue weighted by atomic mass is 10.1. The highest BCUT2D eigenvalue weighted by atomic mass is 19.4. The molecule has 19 heavy (non-hydrogen) atoms. The van der Waals surface area contributed by atoms with Crippen LogP contribution in [-0.2, 0) is 6.18 Å². The van der Waals surface area contributed by atoms with Gasteiger partial charge in [-0.05, 0) is 26.1 Å². The van der Waals surface area contributed by atoms with Crippen LogP contribution in [0.3, 0.4) is 0 Å². The van der Waals surface area contributed by atoms with Crippen LogP contribution in [0, 0.1) is 0 Å². The molecule has 4 nitrogen and oxygen atoms in total. The van der Waals surface area contributed by atoms with Crippen molar-refractivity contribution in [3.8, 4) is 0 Å². The zero-order valence-electron chi connectivity index (χ0n) is 10.6. The summed E-state index contributed by atoms with van der Waals surface area (Å²) in [6.07, 6.45) is -4.50. The molecule has 0 aliphatic carbocycles. The number of likely N-dealkylation sites (N-methyl/N-ethyl adjacent to an activating group) is 1. The Labute approximate surface area is 109 Å². The van der Waals surface area contributed by atoms with Gasteiger partial charge in [0, 0.05) is 12.6 Å². The van der Waals surface area contributed by atoms with Gasteiger partial charge in [0.1, 0.15) is 0 Å². The van der Waals surface area contributed by atoms with Crippen LogP contribution in [-0.4, -0.2) is 25.7 Å². The van der Waals surface area contributed by atoms with E-state index in [0.29, 0.717) is 6.54 Å². The molecule has 0 bridgehead atoms. The van der Waals surface area contributed by atoms with E-state index in [4.69, 9.17) is 0 Å². The van der Waals surface area contributed by atoms with Gasteiger partial charge in [0.05, 0.1) is 11.3 Å². The number of para-hydroxylation sites is 1. The summed E-state index contributed by atoms with van der Waals surface area (Å²) >= 11 is 0. The van der Waals surface area contributed by atoms with Gasteiger partial charge in [-0.3, -0.25) is 0 Å². The molecular formula is C12H16F3N3O. The van der Waals surface area contributed by atoms with Crippen LogP contribution in [0.15, 0.2) is 24.3 Å². The lowest BCUT2D eigenvalue weighted by Gasteiger charge is -2.15. The molecule has 0 aromatic heterocycles. The van der Waals surface area contributed by atoms with E-state index in [1.165, 1.54) is 18.2 Å². The molecule has 7 heteroatoms. The van der Waals surface area contributed by atoms with Gasteiger partial charge in [0.15, 0.2) is 0 Å². The first-order valence-electron chi connectivity index (χ1n) is 5.73. The highest BCUT2D eigenvalue weighted by Gasteiger charge is 2.33. The molecule has 1 rings (SSSR count). The second-order valence-corrected chi connectivity index (χ2v) is 4.07. The van der Waals surface area contributed by atoms with E-state index in [9.17, 15) is 18.0 Å². The number of benzene rings is 1. The molecule has 0 heterocycles. The second-order valence-electron chi connectivity index (χ2n) is 4.07. The number of carbonyl (C=O) groups is 1. The first-order chi connectivity index (χ1) is 8.84. The van der Waals surface area contributed by atoms with Crippen LogP contribution in [0.4, 0.5) is 23.7 Å². The normalized spacial score (nSPS) is 12.9. The van der Waals surface area contributed by atoms with E-state index in [1.807, 2.05) is 6.92 Å². The fourth-order valence-corrected chi connectivity index (χ4v) is 1.35. The third kappa shape index (κ3) is 4.78. The van der Waals surface area contributed by atoms with Gasteiger partial charge >= 0.3 is 12.2 Å². The van der Waals surface area contributed by atoms with Crippen LogP contribution < -0.4 is 16.0 Å². The molecule has 1 atom stereocenters. The molecule has 3 N–H and O–H groups in total. The van der Waals surface area contributed by atoms with E-state index < -0.39 is 17.8 Å². The first-order valence-corrected chi connectivity index (χ1v) is 5.73. The first kappa shape index (κ1) is 15.3. The van der Waals surface area contributed by atoms with Crippen molar-refractivity contribution < 1.29 is 18.0 Å². The van der Waals surface area contributed by atoms with E-state index in [0.717, 1.165) is 6.07 Å². The molecule has 0 saturated heterocycles. The van der Waals surface area contributed by atoms with Crippen molar-refractivity contribution in [1.29, 1.82) is 0 Å². The highest BCUT2D eigenvalue weighted by molar-refractivity contribution is 5.90. The summed E-state index contributed by atoms with van der Waals surface area (Å²) in [6, 6.07) is 4.20. The summed E-state index contributed by atoms with van der Waals surface area (Å²) in [7, 11) is 1.73. The quantitative estimate of drug-likeness (QED) is 0.790. The van der Waals surface area contributed by atoms with Crippen LogP contribution in [0.2, 0.25) is 0 Å². The Bertz CT molecular complexity index is 434.